The minimum Gasteiger partial charge on any atom is -0.378 e. The summed E-state index contributed by atoms with van der Waals surface area (Å²) < 4.78 is 5.33. The zero-order valence-corrected chi connectivity index (χ0v) is 12.9. The molecule has 1 aromatic rings. The SMILES string of the molecule is CCNC(=O)c1cccc(CNC(=O)CCOC(C)C)c1. The molecule has 1 rings (SSSR count). The van der Waals surface area contributed by atoms with Crippen LogP contribution in [0.5, 0.6) is 0 Å². The van der Waals surface area contributed by atoms with Crippen LogP contribution in [0.4, 0.5) is 0 Å². The zero-order valence-electron chi connectivity index (χ0n) is 12.9. The molecule has 116 valence electrons. The third-order valence-corrected chi connectivity index (χ3v) is 2.80. The number of amides is 2. The van der Waals surface area contributed by atoms with Gasteiger partial charge in [0.2, 0.25) is 5.91 Å². The van der Waals surface area contributed by atoms with Gasteiger partial charge in [-0.3, -0.25) is 9.59 Å². The maximum atomic E-state index is 11.7. The summed E-state index contributed by atoms with van der Waals surface area (Å²) in [5.41, 5.74) is 1.50. The molecule has 0 aromatic heterocycles. The summed E-state index contributed by atoms with van der Waals surface area (Å²) in [6.45, 7) is 7.17. The van der Waals surface area contributed by atoms with E-state index in [0.717, 1.165) is 5.56 Å². The quantitative estimate of drug-likeness (QED) is 0.768. The number of carbonyl (C=O) groups is 2. The smallest absolute Gasteiger partial charge is 0.251 e. The third-order valence-electron chi connectivity index (χ3n) is 2.80. The number of carbonyl (C=O) groups excluding carboxylic acids is 2. The third kappa shape index (κ3) is 6.90. The fourth-order valence-corrected chi connectivity index (χ4v) is 1.76. The van der Waals surface area contributed by atoms with Crippen molar-refractivity contribution in [1.29, 1.82) is 0 Å². The van der Waals surface area contributed by atoms with Crippen LogP contribution >= 0.6 is 0 Å². The zero-order chi connectivity index (χ0) is 15.7. The Labute approximate surface area is 126 Å². The van der Waals surface area contributed by atoms with Crippen LogP contribution in [-0.4, -0.2) is 31.1 Å². The predicted molar refractivity (Wildman–Crippen MR) is 82.0 cm³/mol. The van der Waals surface area contributed by atoms with Crippen molar-refractivity contribution < 1.29 is 14.3 Å². The number of benzene rings is 1. The normalized spacial score (nSPS) is 10.5. The molecule has 0 aliphatic rings. The Morgan fingerprint density at radius 2 is 2.00 bits per heavy atom. The van der Waals surface area contributed by atoms with Crippen LogP contribution < -0.4 is 10.6 Å². The summed E-state index contributed by atoms with van der Waals surface area (Å²) in [6, 6.07) is 7.24. The summed E-state index contributed by atoms with van der Waals surface area (Å²) in [7, 11) is 0. The highest BCUT2D eigenvalue weighted by Gasteiger charge is 2.06. The minimum atomic E-state index is -0.101. The Bertz CT molecular complexity index is 472. The number of hydrogen-bond acceptors (Lipinski definition) is 3. The standard InChI is InChI=1S/C16H24N2O3/c1-4-17-16(20)14-7-5-6-13(10-14)11-18-15(19)8-9-21-12(2)3/h5-7,10,12H,4,8-9,11H2,1-3H3,(H,17,20)(H,18,19). The first-order chi connectivity index (χ1) is 10.0. The van der Waals surface area contributed by atoms with E-state index in [-0.39, 0.29) is 17.9 Å². The highest BCUT2D eigenvalue weighted by Crippen LogP contribution is 2.05. The van der Waals surface area contributed by atoms with Crippen molar-refractivity contribution in [2.45, 2.75) is 39.8 Å². The first-order valence-electron chi connectivity index (χ1n) is 7.28. The molecule has 0 heterocycles. The van der Waals surface area contributed by atoms with Crippen LogP contribution in [0.2, 0.25) is 0 Å². The molecule has 0 spiro atoms. The second kappa shape index (κ2) is 9.13. The molecule has 0 unspecified atom stereocenters. The molecule has 1 aromatic carbocycles. The Morgan fingerprint density at radius 1 is 1.24 bits per heavy atom. The van der Waals surface area contributed by atoms with Gasteiger partial charge in [0.25, 0.3) is 5.91 Å². The van der Waals surface area contributed by atoms with E-state index in [0.29, 0.717) is 31.7 Å². The average molecular weight is 292 g/mol. The largest absolute Gasteiger partial charge is 0.378 e. The number of hydrogen-bond donors (Lipinski definition) is 2. The molecule has 0 atom stereocenters. The molecule has 0 fully saturated rings. The molecule has 2 N–H and O–H groups in total. The number of nitrogens with one attached hydrogen (secondary N) is 2. The second-order valence-electron chi connectivity index (χ2n) is 5.01. The van der Waals surface area contributed by atoms with Crippen molar-refractivity contribution in [3.63, 3.8) is 0 Å². The van der Waals surface area contributed by atoms with Gasteiger partial charge in [-0.15, -0.1) is 0 Å². The van der Waals surface area contributed by atoms with Gasteiger partial charge in [0.1, 0.15) is 0 Å². The molecule has 0 saturated carbocycles. The predicted octanol–water partition coefficient (Wildman–Crippen LogP) is 1.87. The lowest BCUT2D eigenvalue weighted by Gasteiger charge is -2.09. The van der Waals surface area contributed by atoms with Crippen LogP contribution in [-0.2, 0) is 16.1 Å². The molecular formula is C16H24N2O3. The van der Waals surface area contributed by atoms with Crippen LogP contribution in [0.25, 0.3) is 0 Å². The van der Waals surface area contributed by atoms with Crippen LogP contribution in [0, 0.1) is 0 Å². The van der Waals surface area contributed by atoms with E-state index >= 15 is 0 Å². The minimum absolute atomic E-state index is 0.0564. The Morgan fingerprint density at radius 3 is 2.67 bits per heavy atom. The Balaban J connectivity index is 2.43. The van der Waals surface area contributed by atoms with E-state index in [4.69, 9.17) is 4.74 Å². The first-order valence-corrected chi connectivity index (χ1v) is 7.28. The van der Waals surface area contributed by atoms with E-state index < -0.39 is 0 Å². The van der Waals surface area contributed by atoms with Crippen LogP contribution in [0.1, 0.15) is 43.1 Å². The van der Waals surface area contributed by atoms with Gasteiger partial charge in [0, 0.05) is 25.1 Å². The summed E-state index contributed by atoms with van der Waals surface area (Å²) >= 11 is 0. The van der Waals surface area contributed by atoms with Gasteiger partial charge in [0.05, 0.1) is 12.7 Å². The van der Waals surface area contributed by atoms with E-state index in [1.165, 1.54) is 0 Å². The maximum Gasteiger partial charge on any atom is 0.251 e. The van der Waals surface area contributed by atoms with Gasteiger partial charge in [0.15, 0.2) is 0 Å². The molecule has 0 saturated heterocycles. The summed E-state index contributed by atoms with van der Waals surface area (Å²) in [5, 5.41) is 5.57. The summed E-state index contributed by atoms with van der Waals surface area (Å²) in [4.78, 5) is 23.4. The molecule has 0 bridgehead atoms. The summed E-state index contributed by atoms with van der Waals surface area (Å²) in [5.74, 6) is -0.157. The maximum absolute atomic E-state index is 11.7. The Hall–Kier alpha value is -1.88. The lowest BCUT2D eigenvalue weighted by molar-refractivity contribution is -0.122. The fourth-order valence-electron chi connectivity index (χ4n) is 1.76. The van der Waals surface area contributed by atoms with Crippen LogP contribution in [0.3, 0.4) is 0 Å². The molecule has 5 nitrogen and oxygen atoms in total. The highest BCUT2D eigenvalue weighted by atomic mass is 16.5. The molecule has 0 aliphatic heterocycles. The van der Waals surface area contributed by atoms with E-state index in [2.05, 4.69) is 10.6 Å². The van der Waals surface area contributed by atoms with Gasteiger partial charge in [-0.25, -0.2) is 0 Å². The van der Waals surface area contributed by atoms with Crippen molar-refractivity contribution in [3.05, 3.63) is 35.4 Å². The van der Waals surface area contributed by atoms with Crippen molar-refractivity contribution in [3.8, 4) is 0 Å². The first kappa shape index (κ1) is 17.2. The van der Waals surface area contributed by atoms with Gasteiger partial charge in [-0.1, -0.05) is 12.1 Å². The molecule has 21 heavy (non-hydrogen) atoms. The van der Waals surface area contributed by atoms with Gasteiger partial charge < -0.3 is 15.4 Å². The molecule has 5 heteroatoms. The topological polar surface area (TPSA) is 67.4 Å². The van der Waals surface area contributed by atoms with E-state index in [9.17, 15) is 9.59 Å². The monoisotopic (exact) mass is 292 g/mol. The molecular weight excluding hydrogens is 268 g/mol. The Kier molecular flexibility index (Phi) is 7.46. The van der Waals surface area contributed by atoms with Gasteiger partial charge in [-0.2, -0.15) is 0 Å². The van der Waals surface area contributed by atoms with E-state index in [1.807, 2.05) is 32.9 Å². The van der Waals surface area contributed by atoms with Crippen molar-refractivity contribution >= 4 is 11.8 Å². The van der Waals surface area contributed by atoms with Crippen LogP contribution in [0.15, 0.2) is 24.3 Å². The lowest BCUT2D eigenvalue weighted by atomic mass is 10.1. The van der Waals surface area contributed by atoms with Crippen molar-refractivity contribution in [1.82, 2.24) is 10.6 Å². The van der Waals surface area contributed by atoms with Gasteiger partial charge in [-0.05, 0) is 38.5 Å². The van der Waals surface area contributed by atoms with Crippen molar-refractivity contribution in [2.75, 3.05) is 13.2 Å². The molecule has 0 radical (unpaired) electrons. The summed E-state index contributed by atoms with van der Waals surface area (Å²) in [6.07, 6.45) is 0.473. The fraction of sp³-hybridized carbons (Fsp3) is 0.500. The second-order valence-corrected chi connectivity index (χ2v) is 5.01. The molecule has 0 aliphatic carbocycles. The highest BCUT2D eigenvalue weighted by molar-refractivity contribution is 5.94. The van der Waals surface area contributed by atoms with Crippen molar-refractivity contribution in [2.24, 2.45) is 0 Å². The number of ether oxygens (including phenoxy) is 1. The van der Waals surface area contributed by atoms with E-state index in [1.54, 1.807) is 12.1 Å². The van der Waals surface area contributed by atoms with Gasteiger partial charge >= 0.3 is 0 Å². The number of rotatable bonds is 8. The molecule has 2 amide bonds. The average Bonchev–Trinajstić information content (AvgIpc) is 2.45. The lowest BCUT2D eigenvalue weighted by Crippen LogP contribution is -2.25.